The third kappa shape index (κ3) is 4.42. The highest BCUT2D eigenvalue weighted by Gasteiger charge is 2.25. The molecule has 1 aromatic carbocycles. The first-order valence-corrected chi connectivity index (χ1v) is 7.27. The van der Waals surface area contributed by atoms with Gasteiger partial charge in [-0.15, -0.1) is 0 Å². The van der Waals surface area contributed by atoms with Crippen LogP contribution < -0.4 is 0 Å². The van der Waals surface area contributed by atoms with Crippen LogP contribution in [0.25, 0.3) is 0 Å². The molecule has 0 spiro atoms. The molecule has 0 unspecified atom stereocenters. The molecule has 0 saturated heterocycles. The fraction of sp³-hybridized carbons (Fsp3) is 0.417. The molecular formula is C12H13BrF3NOS. The second-order valence-corrected chi connectivity index (χ2v) is 7.58. The molecule has 0 heterocycles. The highest BCUT2D eigenvalue weighted by Crippen LogP contribution is 2.21. The predicted molar refractivity (Wildman–Crippen MR) is 74.5 cm³/mol. The maximum atomic E-state index is 13.6. The lowest BCUT2D eigenvalue weighted by atomic mass is 10.1. The van der Waals surface area contributed by atoms with Gasteiger partial charge in [0.1, 0.15) is 22.5 Å². The van der Waals surface area contributed by atoms with E-state index in [1.165, 1.54) is 12.1 Å². The van der Waals surface area contributed by atoms with Crippen LogP contribution in [0, 0.1) is 5.82 Å². The highest BCUT2D eigenvalue weighted by atomic mass is 79.9. The van der Waals surface area contributed by atoms with Gasteiger partial charge in [-0.2, -0.15) is 4.40 Å². The molecule has 0 N–H and O–H groups in total. The molecule has 0 fully saturated rings. The second-order valence-electron chi connectivity index (χ2n) is 4.76. The van der Waals surface area contributed by atoms with Crippen molar-refractivity contribution < 1.29 is 17.4 Å². The van der Waals surface area contributed by atoms with E-state index in [9.17, 15) is 17.4 Å². The van der Waals surface area contributed by atoms with E-state index in [2.05, 4.69) is 20.3 Å². The summed E-state index contributed by atoms with van der Waals surface area (Å²) in [6.07, 6.45) is -3.00. The number of nitrogens with zero attached hydrogens (tertiary/aromatic N) is 1. The van der Waals surface area contributed by atoms with Crippen LogP contribution in [0.3, 0.4) is 0 Å². The topological polar surface area (TPSA) is 29.4 Å². The summed E-state index contributed by atoms with van der Waals surface area (Å²) in [5, 5.41) is 0. The summed E-state index contributed by atoms with van der Waals surface area (Å²) in [5.74, 6) is -0.826. The lowest BCUT2D eigenvalue weighted by Crippen LogP contribution is -2.23. The predicted octanol–water partition coefficient (Wildman–Crippen LogP) is 4.10. The average molecular weight is 356 g/mol. The lowest BCUT2D eigenvalue weighted by Gasteiger charge is -2.15. The average Bonchev–Trinajstić information content (AvgIpc) is 2.27. The van der Waals surface area contributed by atoms with Gasteiger partial charge in [0.05, 0.1) is 4.75 Å². The van der Waals surface area contributed by atoms with Crippen molar-refractivity contribution in [1.29, 1.82) is 0 Å². The SMILES string of the molecule is CC(C)(C)[S@@](=O)/N=C(\c1cc(Br)ccc1F)C(F)F. The number of alkyl halides is 2. The first-order chi connectivity index (χ1) is 8.62. The third-order valence-electron chi connectivity index (χ3n) is 2.12. The zero-order valence-electron chi connectivity index (χ0n) is 10.6. The van der Waals surface area contributed by atoms with Gasteiger partial charge in [0.25, 0.3) is 6.43 Å². The van der Waals surface area contributed by atoms with Crippen LogP contribution in [0.4, 0.5) is 13.2 Å². The molecule has 1 atom stereocenters. The van der Waals surface area contributed by atoms with Gasteiger partial charge < -0.3 is 0 Å². The number of rotatable bonds is 3. The maximum Gasteiger partial charge on any atom is 0.281 e. The van der Waals surface area contributed by atoms with Crippen molar-refractivity contribution in [3.63, 3.8) is 0 Å². The first-order valence-electron chi connectivity index (χ1n) is 5.37. The lowest BCUT2D eigenvalue weighted by molar-refractivity contribution is 0.226. The van der Waals surface area contributed by atoms with Crippen molar-refractivity contribution in [3.05, 3.63) is 34.1 Å². The fourth-order valence-electron chi connectivity index (χ4n) is 1.13. The van der Waals surface area contributed by atoms with Gasteiger partial charge in [-0.25, -0.2) is 17.4 Å². The molecular weight excluding hydrogens is 343 g/mol. The summed E-state index contributed by atoms with van der Waals surface area (Å²) in [5.41, 5.74) is -1.14. The van der Waals surface area contributed by atoms with Crippen molar-refractivity contribution in [3.8, 4) is 0 Å². The van der Waals surface area contributed by atoms with E-state index in [0.717, 1.165) is 6.07 Å². The summed E-state index contributed by atoms with van der Waals surface area (Å²) >= 11 is 3.08. The molecule has 0 aliphatic heterocycles. The van der Waals surface area contributed by atoms with Crippen molar-refractivity contribution in [2.45, 2.75) is 31.9 Å². The van der Waals surface area contributed by atoms with Gasteiger partial charge in [0.15, 0.2) is 0 Å². The Labute approximate surface area is 120 Å². The van der Waals surface area contributed by atoms with Crippen LogP contribution >= 0.6 is 15.9 Å². The summed E-state index contributed by atoms with van der Waals surface area (Å²) in [6, 6.07) is 3.64. The van der Waals surface area contributed by atoms with Crippen LogP contribution in [0.2, 0.25) is 0 Å². The van der Waals surface area contributed by atoms with E-state index in [4.69, 9.17) is 0 Å². The van der Waals surface area contributed by atoms with Crippen molar-refractivity contribution in [2.75, 3.05) is 0 Å². The van der Waals surface area contributed by atoms with Gasteiger partial charge in [0.2, 0.25) is 0 Å². The Kier molecular flexibility index (Phi) is 5.32. The van der Waals surface area contributed by atoms with Gasteiger partial charge in [-0.3, -0.25) is 0 Å². The first kappa shape index (κ1) is 16.4. The van der Waals surface area contributed by atoms with Crippen LogP contribution in [0.1, 0.15) is 26.3 Å². The number of halogens is 4. The molecule has 1 aromatic rings. The summed E-state index contributed by atoms with van der Waals surface area (Å²) in [7, 11) is -1.88. The largest absolute Gasteiger partial charge is 0.281 e. The standard InChI is InChI=1S/C12H13BrF3NOS/c1-12(2,3)19(18)17-10(11(15)16)8-6-7(13)4-5-9(8)14/h4-6,11H,1-3H3/b17-10+/t19-/m1/s1. The Morgan fingerprint density at radius 3 is 2.42 bits per heavy atom. The molecule has 1 rings (SSSR count). The summed E-state index contributed by atoms with van der Waals surface area (Å²) in [6.45, 7) is 4.81. The molecule has 0 radical (unpaired) electrons. The summed E-state index contributed by atoms with van der Waals surface area (Å²) < 4.78 is 54.5. The quantitative estimate of drug-likeness (QED) is 0.750. The number of hydrogen-bond donors (Lipinski definition) is 0. The molecule has 106 valence electrons. The maximum absolute atomic E-state index is 13.6. The fourth-order valence-corrected chi connectivity index (χ4v) is 2.12. The van der Waals surface area contributed by atoms with E-state index >= 15 is 0 Å². The Hall–Kier alpha value is -0.690. The highest BCUT2D eigenvalue weighted by molar-refractivity contribution is 9.10. The zero-order chi connectivity index (χ0) is 14.8. The van der Waals surface area contributed by atoms with E-state index in [1.807, 2.05) is 0 Å². The van der Waals surface area contributed by atoms with Crippen LogP contribution in [0.15, 0.2) is 27.1 Å². The van der Waals surface area contributed by atoms with Gasteiger partial charge >= 0.3 is 0 Å². The smallest absolute Gasteiger partial charge is 0.234 e. The van der Waals surface area contributed by atoms with E-state index < -0.39 is 33.7 Å². The van der Waals surface area contributed by atoms with Gasteiger partial charge in [-0.1, -0.05) is 15.9 Å². The molecule has 0 saturated carbocycles. The molecule has 2 nitrogen and oxygen atoms in total. The Bertz CT molecular complexity index is 526. The number of benzene rings is 1. The van der Waals surface area contributed by atoms with Crippen molar-refractivity contribution in [2.24, 2.45) is 4.40 Å². The third-order valence-corrected chi connectivity index (χ3v) is 4.02. The molecule has 0 amide bonds. The zero-order valence-corrected chi connectivity index (χ0v) is 13.0. The van der Waals surface area contributed by atoms with Crippen molar-refractivity contribution in [1.82, 2.24) is 0 Å². The minimum atomic E-state index is -3.00. The Morgan fingerprint density at radius 2 is 1.95 bits per heavy atom. The van der Waals surface area contributed by atoms with Gasteiger partial charge in [-0.05, 0) is 39.0 Å². The normalized spacial score (nSPS) is 14.8. The Balaban J connectivity index is 3.33. The van der Waals surface area contributed by atoms with E-state index in [0.29, 0.717) is 4.47 Å². The van der Waals surface area contributed by atoms with Crippen LogP contribution in [-0.2, 0) is 11.0 Å². The monoisotopic (exact) mass is 355 g/mol. The number of hydrogen-bond acceptors (Lipinski definition) is 1. The minimum Gasteiger partial charge on any atom is -0.234 e. The molecule has 0 aliphatic carbocycles. The summed E-state index contributed by atoms with van der Waals surface area (Å²) in [4.78, 5) is 0. The minimum absolute atomic E-state index is 0.345. The molecule has 0 bridgehead atoms. The molecule has 0 aromatic heterocycles. The molecule has 7 heteroatoms. The van der Waals surface area contributed by atoms with E-state index in [1.54, 1.807) is 20.8 Å². The Morgan fingerprint density at radius 1 is 1.37 bits per heavy atom. The molecule has 19 heavy (non-hydrogen) atoms. The van der Waals surface area contributed by atoms with Gasteiger partial charge in [0, 0.05) is 10.0 Å². The van der Waals surface area contributed by atoms with Crippen molar-refractivity contribution >= 4 is 32.6 Å². The second kappa shape index (κ2) is 6.17. The van der Waals surface area contributed by atoms with E-state index in [-0.39, 0.29) is 5.56 Å². The molecule has 0 aliphatic rings. The van der Waals surface area contributed by atoms with Crippen LogP contribution in [-0.4, -0.2) is 21.1 Å². The van der Waals surface area contributed by atoms with Crippen LogP contribution in [0.5, 0.6) is 0 Å².